The van der Waals surface area contributed by atoms with Gasteiger partial charge in [0.25, 0.3) is 0 Å². The summed E-state index contributed by atoms with van der Waals surface area (Å²) in [4.78, 5) is 8.11. The molecule has 1 aromatic heterocycles. The van der Waals surface area contributed by atoms with Crippen molar-refractivity contribution < 1.29 is 0 Å². The molecular formula is C11H9N3. The highest BCUT2D eigenvalue weighted by Crippen LogP contribution is 2.20. The zero-order valence-electron chi connectivity index (χ0n) is 7.59. The summed E-state index contributed by atoms with van der Waals surface area (Å²) in [7, 11) is 0. The maximum Gasteiger partial charge on any atom is 0.100 e. The number of allylic oxidation sites excluding steroid dienone is 1. The standard InChI is InChI=1S/C11H9N3/c12-6-9-5-11(8-14-7-9)10-1-3-13-4-2-10/h1-5,7,11H,8H2. The lowest BCUT2D eigenvalue weighted by Crippen LogP contribution is -2.06. The average molecular weight is 183 g/mol. The van der Waals surface area contributed by atoms with Crippen LogP contribution in [0.3, 0.4) is 0 Å². The largest absolute Gasteiger partial charge is 0.291 e. The third-order valence-corrected chi connectivity index (χ3v) is 2.18. The lowest BCUT2D eigenvalue weighted by molar-refractivity contribution is 0.838. The molecule has 68 valence electrons. The van der Waals surface area contributed by atoms with E-state index in [0.29, 0.717) is 5.57 Å². The highest BCUT2D eigenvalue weighted by atomic mass is 14.7. The fourth-order valence-corrected chi connectivity index (χ4v) is 1.46. The van der Waals surface area contributed by atoms with Crippen LogP contribution in [0.1, 0.15) is 11.5 Å². The third-order valence-electron chi connectivity index (χ3n) is 2.18. The van der Waals surface area contributed by atoms with Crippen LogP contribution in [0.15, 0.2) is 41.2 Å². The molecule has 0 aromatic carbocycles. The Bertz CT molecular complexity index is 412. The van der Waals surface area contributed by atoms with E-state index in [1.165, 1.54) is 0 Å². The summed E-state index contributed by atoms with van der Waals surface area (Å²) in [5.41, 5.74) is 1.79. The molecule has 3 nitrogen and oxygen atoms in total. The molecule has 0 amide bonds. The van der Waals surface area contributed by atoms with Crippen molar-refractivity contribution in [3.63, 3.8) is 0 Å². The zero-order valence-corrected chi connectivity index (χ0v) is 7.59. The van der Waals surface area contributed by atoms with Crippen molar-refractivity contribution in [2.24, 2.45) is 4.99 Å². The van der Waals surface area contributed by atoms with Gasteiger partial charge in [0.05, 0.1) is 5.57 Å². The van der Waals surface area contributed by atoms with Crippen molar-refractivity contribution in [2.75, 3.05) is 6.54 Å². The van der Waals surface area contributed by atoms with Gasteiger partial charge in [-0.05, 0) is 17.7 Å². The predicted molar refractivity (Wildman–Crippen MR) is 54.0 cm³/mol. The fraction of sp³-hybridized carbons (Fsp3) is 0.182. The number of rotatable bonds is 1. The number of hydrogen-bond donors (Lipinski definition) is 0. The highest BCUT2D eigenvalue weighted by molar-refractivity contribution is 5.84. The Labute approximate surface area is 82.4 Å². The maximum absolute atomic E-state index is 8.73. The SMILES string of the molecule is N#CC1=CC(c2ccncc2)CN=C1. The molecular weight excluding hydrogens is 174 g/mol. The van der Waals surface area contributed by atoms with Crippen LogP contribution in [-0.2, 0) is 0 Å². The summed E-state index contributed by atoms with van der Waals surface area (Å²) in [5.74, 6) is 0.220. The summed E-state index contributed by atoms with van der Waals surface area (Å²) in [6.45, 7) is 0.717. The maximum atomic E-state index is 8.73. The number of nitrogens with zero attached hydrogens (tertiary/aromatic N) is 3. The van der Waals surface area contributed by atoms with E-state index < -0.39 is 0 Å². The van der Waals surface area contributed by atoms with Gasteiger partial charge in [-0.25, -0.2) is 0 Å². The molecule has 0 N–H and O–H groups in total. The zero-order chi connectivity index (χ0) is 9.80. The summed E-state index contributed by atoms with van der Waals surface area (Å²) in [6, 6.07) is 6.01. The van der Waals surface area contributed by atoms with Gasteiger partial charge < -0.3 is 0 Å². The molecule has 1 aliphatic heterocycles. The van der Waals surface area contributed by atoms with Gasteiger partial charge in [-0.2, -0.15) is 5.26 Å². The summed E-state index contributed by atoms with van der Waals surface area (Å²) >= 11 is 0. The van der Waals surface area contributed by atoms with E-state index in [-0.39, 0.29) is 5.92 Å². The number of aliphatic imine (C=N–C) groups is 1. The van der Waals surface area contributed by atoms with Gasteiger partial charge in [-0.1, -0.05) is 6.08 Å². The molecule has 1 unspecified atom stereocenters. The van der Waals surface area contributed by atoms with Crippen molar-refractivity contribution in [1.82, 2.24) is 4.98 Å². The van der Waals surface area contributed by atoms with Crippen LogP contribution in [0, 0.1) is 11.3 Å². The van der Waals surface area contributed by atoms with Crippen LogP contribution in [0.4, 0.5) is 0 Å². The van der Waals surface area contributed by atoms with Gasteiger partial charge in [0.15, 0.2) is 0 Å². The molecule has 14 heavy (non-hydrogen) atoms. The number of aromatic nitrogens is 1. The minimum atomic E-state index is 0.220. The minimum Gasteiger partial charge on any atom is -0.291 e. The van der Waals surface area contributed by atoms with E-state index in [4.69, 9.17) is 5.26 Å². The first kappa shape index (κ1) is 8.64. The Hall–Kier alpha value is -1.95. The van der Waals surface area contributed by atoms with E-state index in [1.807, 2.05) is 18.2 Å². The van der Waals surface area contributed by atoms with Crippen molar-refractivity contribution >= 4 is 6.21 Å². The number of nitriles is 1. The second-order valence-corrected chi connectivity index (χ2v) is 3.12. The van der Waals surface area contributed by atoms with Crippen molar-refractivity contribution in [3.05, 3.63) is 41.7 Å². The van der Waals surface area contributed by atoms with Gasteiger partial charge in [-0.3, -0.25) is 9.98 Å². The molecule has 0 fully saturated rings. The Balaban J connectivity index is 2.27. The van der Waals surface area contributed by atoms with E-state index in [9.17, 15) is 0 Å². The Kier molecular flexibility index (Phi) is 2.37. The van der Waals surface area contributed by atoms with Gasteiger partial charge in [0.2, 0.25) is 0 Å². The van der Waals surface area contributed by atoms with E-state index >= 15 is 0 Å². The van der Waals surface area contributed by atoms with Crippen LogP contribution in [0.25, 0.3) is 0 Å². The van der Waals surface area contributed by atoms with E-state index in [1.54, 1.807) is 18.6 Å². The number of pyridine rings is 1. The van der Waals surface area contributed by atoms with Gasteiger partial charge in [0, 0.05) is 31.1 Å². The average Bonchev–Trinajstić information content (AvgIpc) is 2.30. The van der Waals surface area contributed by atoms with Crippen molar-refractivity contribution in [3.8, 4) is 6.07 Å². The van der Waals surface area contributed by atoms with E-state index in [2.05, 4.69) is 16.0 Å². The molecule has 0 radical (unpaired) electrons. The smallest absolute Gasteiger partial charge is 0.100 e. The molecule has 0 aliphatic carbocycles. The molecule has 1 atom stereocenters. The Morgan fingerprint density at radius 2 is 2.14 bits per heavy atom. The van der Waals surface area contributed by atoms with E-state index in [0.717, 1.165) is 12.1 Å². The first-order valence-electron chi connectivity index (χ1n) is 4.42. The quantitative estimate of drug-likeness (QED) is 0.665. The van der Waals surface area contributed by atoms with Crippen LogP contribution < -0.4 is 0 Å². The molecule has 1 aliphatic rings. The van der Waals surface area contributed by atoms with Crippen LogP contribution in [0.5, 0.6) is 0 Å². The van der Waals surface area contributed by atoms with Gasteiger partial charge in [0.1, 0.15) is 6.07 Å². The number of hydrogen-bond acceptors (Lipinski definition) is 3. The van der Waals surface area contributed by atoms with Crippen LogP contribution in [-0.4, -0.2) is 17.7 Å². The number of dihydropyridines is 1. The summed E-state index contributed by atoms with van der Waals surface area (Å²) in [6.07, 6.45) is 7.08. The molecule has 0 spiro atoms. The normalized spacial score (nSPS) is 19.9. The molecule has 2 heterocycles. The van der Waals surface area contributed by atoms with Crippen molar-refractivity contribution in [1.29, 1.82) is 5.26 Å². The summed E-state index contributed by atoms with van der Waals surface area (Å²) in [5, 5.41) is 8.73. The molecule has 1 aromatic rings. The first-order valence-corrected chi connectivity index (χ1v) is 4.42. The Morgan fingerprint density at radius 1 is 1.36 bits per heavy atom. The van der Waals surface area contributed by atoms with Crippen LogP contribution in [0.2, 0.25) is 0 Å². The molecule has 2 rings (SSSR count). The third kappa shape index (κ3) is 1.69. The highest BCUT2D eigenvalue weighted by Gasteiger charge is 2.11. The molecule has 0 bridgehead atoms. The van der Waals surface area contributed by atoms with Gasteiger partial charge >= 0.3 is 0 Å². The van der Waals surface area contributed by atoms with Gasteiger partial charge in [-0.15, -0.1) is 0 Å². The summed E-state index contributed by atoms with van der Waals surface area (Å²) < 4.78 is 0. The topological polar surface area (TPSA) is 49.0 Å². The molecule has 3 heteroatoms. The lowest BCUT2D eigenvalue weighted by Gasteiger charge is -2.13. The van der Waals surface area contributed by atoms with Crippen molar-refractivity contribution in [2.45, 2.75) is 5.92 Å². The molecule has 0 saturated heterocycles. The second kappa shape index (κ2) is 3.84. The monoisotopic (exact) mass is 183 g/mol. The lowest BCUT2D eigenvalue weighted by atomic mass is 9.96. The minimum absolute atomic E-state index is 0.220. The Morgan fingerprint density at radius 3 is 2.86 bits per heavy atom. The fourth-order valence-electron chi connectivity index (χ4n) is 1.46. The predicted octanol–water partition coefficient (Wildman–Crippen LogP) is 1.70. The first-order chi connectivity index (χ1) is 6.90. The molecule has 0 saturated carbocycles. The van der Waals surface area contributed by atoms with Crippen LogP contribution >= 0.6 is 0 Å². The second-order valence-electron chi connectivity index (χ2n) is 3.12.